The lowest BCUT2D eigenvalue weighted by molar-refractivity contribution is -0.135. The highest BCUT2D eigenvalue weighted by atomic mass is 32.1. The molecule has 0 aliphatic carbocycles. The second-order valence-corrected chi connectivity index (χ2v) is 8.70. The molecule has 2 aromatic rings. The van der Waals surface area contributed by atoms with E-state index in [2.05, 4.69) is 16.1 Å². The fraction of sp³-hybridized carbons (Fsp3) is 0.524. The molecule has 29 heavy (non-hydrogen) atoms. The average Bonchev–Trinajstić information content (AvgIpc) is 3.55. The Hall–Kier alpha value is -2.00. The molecule has 2 aromatic heterocycles. The van der Waals surface area contributed by atoms with E-state index in [0.29, 0.717) is 32.1 Å². The van der Waals surface area contributed by atoms with Gasteiger partial charge in [-0.05, 0) is 49.5 Å². The number of piperidine rings is 1. The fourth-order valence-electron chi connectivity index (χ4n) is 4.33. The van der Waals surface area contributed by atoms with Crippen molar-refractivity contribution in [2.75, 3.05) is 32.8 Å². The van der Waals surface area contributed by atoms with Crippen molar-refractivity contribution in [3.05, 3.63) is 46.5 Å². The van der Waals surface area contributed by atoms with Crippen LogP contribution in [0.5, 0.6) is 0 Å². The van der Waals surface area contributed by atoms with Gasteiger partial charge in [0.1, 0.15) is 11.5 Å². The maximum atomic E-state index is 13.2. The van der Waals surface area contributed by atoms with Crippen molar-refractivity contribution < 1.29 is 18.7 Å². The zero-order chi connectivity index (χ0) is 19.6. The Balaban J connectivity index is 1.24. The van der Waals surface area contributed by atoms with Crippen LogP contribution in [-0.4, -0.2) is 60.7 Å². The minimum absolute atomic E-state index is 0.0387. The molecular formula is C21H25N3O4S. The van der Waals surface area contributed by atoms with E-state index in [9.17, 15) is 4.79 Å². The van der Waals surface area contributed by atoms with Gasteiger partial charge >= 0.3 is 0 Å². The topological polar surface area (TPSA) is 67.5 Å². The first kappa shape index (κ1) is 19.0. The normalized spacial score (nSPS) is 24.3. The number of hydrazone groups is 1. The first-order chi connectivity index (χ1) is 14.3. The number of ether oxygens (including phenoxy) is 2. The predicted octanol–water partition coefficient (Wildman–Crippen LogP) is 3.10. The first-order valence-corrected chi connectivity index (χ1v) is 11.1. The summed E-state index contributed by atoms with van der Waals surface area (Å²) in [4.78, 5) is 16.5. The number of thiophene rings is 1. The van der Waals surface area contributed by atoms with Gasteiger partial charge in [-0.2, -0.15) is 5.10 Å². The van der Waals surface area contributed by atoms with E-state index in [-0.39, 0.29) is 18.2 Å². The number of likely N-dealkylation sites (tertiary alicyclic amines) is 1. The van der Waals surface area contributed by atoms with E-state index in [1.165, 1.54) is 0 Å². The lowest BCUT2D eigenvalue weighted by atomic mass is 9.96. The van der Waals surface area contributed by atoms with Crippen LogP contribution in [0.1, 0.15) is 35.9 Å². The summed E-state index contributed by atoms with van der Waals surface area (Å²) in [5.41, 5.74) is 0.830. The SMILES string of the molecule is O=C(CN1CCC(C2OCCO2)CC1)N1N=C(c2ccco2)CC1c1cccs1. The molecular weight excluding hydrogens is 390 g/mol. The molecule has 0 radical (unpaired) electrons. The molecule has 0 saturated carbocycles. The summed E-state index contributed by atoms with van der Waals surface area (Å²) < 4.78 is 16.8. The van der Waals surface area contributed by atoms with Crippen molar-refractivity contribution in [2.45, 2.75) is 31.6 Å². The van der Waals surface area contributed by atoms with E-state index in [1.54, 1.807) is 22.6 Å². The quantitative estimate of drug-likeness (QED) is 0.751. The van der Waals surface area contributed by atoms with Crippen LogP contribution in [0, 0.1) is 5.92 Å². The monoisotopic (exact) mass is 415 g/mol. The summed E-state index contributed by atoms with van der Waals surface area (Å²) in [6.07, 6.45) is 4.25. The van der Waals surface area contributed by atoms with Crippen LogP contribution < -0.4 is 0 Å². The van der Waals surface area contributed by atoms with Gasteiger partial charge in [0.2, 0.25) is 0 Å². The maximum absolute atomic E-state index is 13.2. The van der Waals surface area contributed by atoms with Crippen LogP contribution in [0.2, 0.25) is 0 Å². The molecule has 1 amide bonds. The van der Waals surface area contributed by atoms with E-state index in [1.807, 2.05) is 23.6 Å². The van der Waals surface area contributed by atoms with E-state index in [0.717, 1.165) is 42.3 Å². The molecule has 7 nitrogen and oxygen atoms in total. The number of furan rings is 1. The molecule has 8 heteroatoms. The van der Waals surface area contributed by atoms with E-state index in [4.69, 9.17) is 13.9 Å². The third-order valence-electron chi connectivity index (χ3n) is 5.87. The number of carbonyl (C=O) groups excluding carboxylic acids is 1. The number of nitrogens with zero attached hydrogens (tertiary/aromatic N) is 3. The highest BCUT2D eigenvalue weighted by Gasteiger charge is 2.36. The van der Waals surface area contributed by atoms with Crippen LogP contribution in [0.3, 0.4) is 0 Å². The van der Waals surface area contributed by atoms with Crippen molar-refractivity contribution in [3.63, 3.8) is 0 Å². The average molecular weight is 416 g/mol. The molecule has 1 atom stereocenters. The molecule has 3 aliphatic heterocycles. The van der Waals surface area contributed by atoms with Crippen LogP contribution in [0.15, 0.2) is 45.4 Å². The van der Waals surface area contributed by atoms with Crippen molar-refractivity contribution in [1.29, 1.82) is 0 Å². The summed E-state index contributed by atoms with van der Waals surface area (Å²) in [7, 11) is 0. The van der Waals surface area contributed by atoms with E-state index < -0.39 is 0 Å². The molecule has 0 N–H and O–H groups in total. The first-order valence-electron chi connectivity index (χ1n) is 10.2. The molecule has 2 saturated heterocycles. The molecule has 0 spiro atoms. The van der Waals surface area contributed by atoms with Crippen LogP contribution in [0.25, 0.3) is 0 Å². The van der Waals surface area contributed by atoms with Gasteiger partial charge in [-0.1, -0.05) is 6.07 Å². The molecule has 154 valence electrons. The Morgan fingerprint density at radius 2 is 2.00 bits per heavy atom. The van der Waals surface area contributed by atoms with Crippen molar-refractivity contribution in [1.82, 2.24) is 9.91 Å². The van der Waals surface area contributed by atoms with Gasteiger partial charge in [0.15, 0.2) is 6.29 Å². The number of hydrogen-bond acceptors (Lipinski definition) is 7. The summed E-state index contributed by atoms with van der Waals surface area (Å²) >= 11 is 1.66. The number of carbonyl (C=O) groups is 1. The van der Waals surface area contributed by atoms with Crippen LogP contribution in [-0.2, 0) is 14.3 Å². The Bertz CT molecular complexity index is 837. The van der Waals surface area contributed by atoms with Gasteiger partial charge in [0, 0.05) is 17.2 Å². The van der Waals surface area contributed by atoms with Gasteiger partial charge in [-0.25, -0.2) is 5.01 Å². The standard InChI is InChI=1S/C21H25N3O4S/c25-20(14-23-7-5-15(6-8-23)21-27-10-11-28-21)24-17(19-4-2-12-29-19)13-16(22-24)18-3-1-9-26-18/h1-4,9,12,15,17,21H,5-8,10-11,13-14H2. The van der Waals surface area contributed by atoms with Gasteiger partial charge in [0.25, 0.3) is 5.91 Å². The maximum Gasteiger partial charge on any atom is 0.257 e. The lowest BCUT2D eigenvalue weighted by Crippen LogP contribution is -2.43. The third-order valence-corrected chi connectivity index (χ3v) is 6.84. The lowest BCUT2D eigenvalue weighted by Gasteiger charge is -2.34. The Labute approximate surface area is 173 Å². The van der Waals surface area contributed by atoms with Crippen molar-refractivity contribution in [2.24, 2.45) is 11.0 Å². The molecule has 0 bridgehead atoms. The highest BCUT2D eigenvalue weighted by molar-refractivity contribution is 7.10. The fourth-order valence-corrected chi connectivity index (χ4v) is 5.14. The van der Waals surface area contributed by atoms with Gasteiger partial charge in [-0.3, -0.25) is 9.69 Å². The Morgan fingerprint density at radius 1 is 1.17 bits per heavy atom. The van der Waals surface area contributed by atoms with Crippen molar-refractivity contribution >= 4 is 23.0 Å². The molecule has 2 fully saturated rings. The number of hydrogen-bond donors (Lipinski definition) is 0. The zero-order valence-corrected chi connectivity index (χ0v) is 17.1. The summed E-state index contributed by atoms with van der Waals surface area (Å²) in [5.74, 6) is 1.20. The molecule has 5 rings (SSSR count). The second kappa shape index (κ2) is 8.39. The minimum atomic E-state index is -0.0601. The third kappa shape index (κ3) is 4.02. The van der Waals surface area contributed by atoms with Gasteiger partial charge in [0.05, 0.1) is 32.1 Å². The summed E-state index contributed by atoms with van der Waals surface area (Å²) in [6, 6.07) is 7.79. The molecule has 0 aromatic carbocycles. The molecule has 5 heterocycles. The minimum Gasteiger partial charge on any atom is -0.463 e. The van der Waals surface area contributed by atoms with Crippen LogP contribution in [0.4, 0.5) is 0 Å². The largest absolute Gasteiger partial charge is 0.463 e. The van der Waals surface area contributed by atoms with Crippen LogP contribution >= 0.6 is 11.3 Å². The predicted molar refractivity (Wildman–Crippen MR) is 109 cm³/mol. The summed E-state index contributed by atoms with van der Waals surface area (Å²) in [5, 5.41) is 8.37. The number of rotatable bonds is 5. The zero-order valence-electron chi connectivity index (χ0n) is 16.2. The molecule has 3 aliphatic rings. The smallest absolute Gasteiger partial charge is 0.257 e. The highest BCUT2D eigenvalue weighted by Crippen LogP contribution is 2.35. The Kier molecular flexibility index (Phi) is 5.50. The second-order valence-electron chi connectivity index (χ2n) is 7.72. The van der Waals surface area contributed by atoms with Gasteiger partial charge in [-0.15, -0.1) is 11.3 Å². The van der Waals surface area contributed by atoms with Crippen molar-refractivity contribution in [3.8, 4) is 0 Å². The Morgan fingerprint density at radius 3 is 2.69 bits per heavy atom. The van der Waals surface area contributed by atoms with Gasteiger partial charge < -0.3 is 13.9 Å². The number of amides is 1. The van der Waals surface area contributed by atoms with E-state index >= 15 is 0 Å². The molecule has 1 unspecified atom stereocenters. The summed E-state index contributed by atoms with van der Waals surface area (Å²) in [6.45, 7) is 3.53.